The Kier molecular flexibility index (Phi) is 6.86. The van der Waals surface area contributed by atoms with E-state index in [0.717, 1.165) is 25.7 Å². The normalized spacial score (nSPS) is 23.9. The summed E-state index contributed by atoms with van der Waals surface area (Å²) in [6.45, 7) is 3.46. The van der Waals surface area contributed by atoms with Crippen molar-refractivity contribution in [1.82, 2.24) is 10.2 Å². The van der Waals surface area contributed by atoms with Crippen LogP contribution in [0.1, 0.15) is 68.6 Å². The lowest BCUT2D eigenvalue weighted by molar-refractivity contribution is -0.123. The molecule has 0 radical (unpaired) electrons. The van der Waals surface area contributed by atoms with Crippen LogP contribution in [0.3, 0.4) is 0 Å². The minimum atomic E-state index is -0.333. The van der Waals surface area contributed by atoms with Crippen molar-refractivity contribution in [2.45, 2.75) is 64.3 Å². The molecule has 27 heavy (non-hydrogen) atoms. The number of carbonyl (C=O) groups excluding carboxylic acids is 2. The van der Waals surface area contributed by atoms with Gasteiger partial charge in [0, 0.05) is 31.1 Å². The van der Waals surface area contributed by atoms with Crippen LogP contribution in [0.4, 0.5) is 4.39 Å². The molecule has 2 fully saturated rings. The van der Waals surface area contributed by atoms with Crippen LogP contribution in [-0.4, -0.2) is 35.8 Å². The quantitative estimate of drug-likeness (QED) is 0.842. The molecule has 0 aromatic heterocycles. The molecular weight excluding hydrogens is 343 g/mol. The molecule has 2 aliphatic rings. The molecule has 4 nitrogen and oxygen atoms in total. The van der Waals surface area contributed by atoms with Gasteiger partial charge in [0.05, 0.1) is 0 Å². The van der Waals surface area contributed by atoms with Gasteiger partial charge < -0.3 is 10.2 Å². The number of nitrogens with zero attached hydrogens (tertiary/aromatic N) is 1. The minimum absolute atomic E-state index is 0.0430. The maximum absolute atomic E-state index is 13.1. The molecule has 1 N–H and O–H groups in total. The van der Waals surface area contributed by atoms with Gasteiger partial charge in [0.25, 0.3) is 5.91 Å². The van der Waals surface area contributed by atoms with E-state index in [9.17, 15) is 14.0 Å². The molecular formula is C22H31FN2O2. The first-order valence-electron chi connectivity index (χ1n) is 10.4. The van der Waals surface area contributed by atoms with Gasteiger partial charge in [-0.25, -0.2) is 4.39 Å². The fourth-order valence-electron chi connectivity index (χ4n) is 4.54. The van der Waals surface area contributed by atoms with E-state index in [4.69, 9.17) is 0 Å². The van der Waals surface area contributed by atoms with Crippen LogP contribution in [0.25, 0.3) is 0 Å². The Labute approximate surface area is 161 Å². The molecule has 1 saturated heterocycles. The fourth-order valence-corrected chi connectivity index (χ4v) is 4.54. The Bertz CT molecular complexity index is 640. The molecule has 5 heteroatoms. The first-order chi connectivity index (χ1) is 13.1. The van der Waals surface area contributed by atoms with Crippen molar-refractivity contribution in [1.29, 1.82) is 0 Å². The van der Waals surface area contributed by atoms with Crippen molar-refractivity contribution < 1.29 is 14.0 Å². The largest absolute Gasteiger partial charge is 0.353 e. The Balaban J connectivity index is 1.53. The summed E-state index contributed by atoms with van der Waals surface area (Å²) in [4.78, 5) is 27.0. The Hall–Kier alpha value is -1.91. The van der Waals surface area contributed by atoms with Crippen LogP contribution in [0.15, 0.2) is 24.3 Å². The summed E-state index contributed by atoms with van der Waals surface area (Å²) in [6, 6.07) is 6.09. The molecule has 3 rings (SSSR count). The lowest BCUT2D eigenvalue weighted by atomic mass is 9.81. The fraction of sp³-hybridized carbons (Fsp3) is 0.636. The summed E-state index contributed by atoms with van der Waals surface area (Å²) in [5, 5.41) is 3.22. The van der Waals surface area contributed by atoms with Gasteiger partial charge >= 0.3 is 0 Å². The number of rotatable bonds is 5. The average Bonchev–Trinajstić information content (AvgIpc) is 2.69. The average molecular weight is 375 g/mol. The Morgan fingerprint density at radius 2 is 1.78 bits per heavy atom. The molecule has 2 atom stereocenters. The van der Waals surface area contributed by atoms with E-state index in [-0.39, 0.29) is 17.6 Å². The van der Waals surface area contributed by atoms with Gasteiger partial charge in [0.2, 0.25) is 5.91 Å². The molecule has 0 spiro atoms. The van der Waals surface area contributed by atoms with Crippen LogP contribution in [0.5, 0.6) is 0 Å². The zero-order valence-electron chi connectivity index (χ0n) is 16.3. The third-order valence-corrected chi connectivity index (χ3v) is 6.21. The molecule has 1 aliphatic carbocycles. The summed E-state index contributed by atoms with van der Waals surface area (Å²) in [6.07, 6.45) is 8.29. The molecule has 1 aliphatic heterocycles. The summed E-state index contributed by atoms with van der Waals surface area (Å²) in [5.41, 5.74) is 0.528. The van der Waals surface area contributed by atoms with Crippen molar-refractivity contribution in [2.75, 3.05) is 13.1 Å². The maximum Gasteiger partial charge on any atom is 0.253 e. The highest BCUT2D eigenvalue weighted by atomic mass is 19.1. The molecule has 2 amide bonds. The van der Waals surface area contributed by atoms with E-state index in [0.29, 0.717) is 43.0 Å². The van der Waals surface area contributed by atoms with Gasteiger partial charge in [0.15, 0.2) is 0 Å². The number of benzene rings is 1. The number of piperidine rings is 1. The van der Waals surface area contributed by atoms with E-state index < -0.39 is 0 Å². The molecule has 0 bridgehead atoms. The molecule has 1 aromatic rings. The van der Waals surface area contributed by atoms with Crippen LogP contribution < -0.4 is 5.32 Å². The monoisotopic (exact) mass is 374 g/mol. The van der Waals surface area contributed by atoms with Crippen molar-refractivity contribution >= 4 is 11.8 Å². The van der Waals surface area contributed by atoms with E-state index in [2.05, 4.69) is 12.2 Å². The lowest BCUT2D eigenvalue weighted by Crippen LogP contribution is -2.45. The number of amides is 2. The molecule has 1 saturated carbocycles. The van der Waals surface area contributed by atoms with Gasteiger partial charge in [-0.15, -0.1) is 0 Å². The van der Waals surface area contributed by atoms with Gasteiger partial charge in [-0.1, -0.05) is 32.6 Å². The molecule has 148 valence electrons. The number of hydrogen-bond acceptors (Lipinski definition) is 2. The molecule has 0 unspecified atom stereocenters. The first-order valence-corrected chi connectivity index (χ1v) is 10.4. The second kappa shape index (κ2) is 9.34. The van der Waals surface area contributed by atoms with Gasteiger partial charge in [0.1, 0.15) is 5.82 Å². The van der Waals surface area contributed by atoms with Crippen LogP contribution in [-0.2, 0) is 4.79 Å². The Morgan fingerprint density at radius 1 is 1.07 bits per heavy atom. The maximum atomic E-state index is 13.1. The predicted molar refractivity (Wildman–Crippen MR) is 104 cm³/mol. The Morgan fingerprint density at radius 3 is 2.44 bits per heavy atom. The van der Waals surface area contributed by atoms with Crippen molar-refractivity contribution in [3.63, 3.8) is 0 Å². The second-order valence-corrected chi connectivity index (χ2v) is 8.08. The highest BCUT2D eigenvalue weighted by Gasteiger charge is 2.32. The highest BCUT2D eigenvalue weighted by Crippen LogP contribution is 2.30. The van der Waals surface area contributed by atoms with Crippen LogP contribution in [0, 0.1) is 17.7 Å². The topological polar surface area (TPSA) is 49.4 Å². The predicted octanol–water partition coefficient (Wildman–Crippen LogP) is 4.15. The number of nitrogens with one attached hydrogen (secondary N) is 1. The zero-order chi connectivity index (χ0) is 19.2. The summed E-state index contributed by atoms with van der Waals surface area (Å²) < 4.78 is 13.1. The third kappa shape index (κ3) is 5.30. The second-order valence-electron chi connectivity index (χ2n) is 8.08. The number of carbonyl (C=O) groups is 2. The van der Waals surface area contributed by atoms with Crippen molar-refractivity contribution in [3.05, 3.63) is 35.6 Å². The van der Waals surface area contributed by atoms with E-state index >= 15 is 0 Å². The summed E-state index contributed by atoms with van der Waals surface area (Å²) >= 11 is 0. The van der Waals surface area contributed by atoms with E-state index in [1.165, 1.54) is 31.4 Å². The van der Waals surface area contributed by atoms with Crippen molar-refractivity contribution in [3.8, 4) is 0 Å². The lowest BCUT2D eigenvalue weighted by Gasteiger charge is -2.38. The van der Waals surface area contributed by atoms with E-state index in [1.807, 2.05) is 4.90 Å². The smallest absolute Gasteiger partial charge is 0.253 e. The number of hydrogen-bond donors (Lipinski definition) is 1. The number of halogens is 1. The highest BCUT2D eigenvalue weighted by molar-refractivity contribution is 5.94. The minimum Gasteiger partial charge on any atom is -0.353 e. The SMILES string of the molecule is CC[C@@H]1CN(C(=O)c2ccc(F)cc2)CC[C@H]1CC(=O)NC1CCCCC1. The zero-order valence-corrected chi connectivity index (χ0v) is 16.3. The third-order valence-electron chi connectivity index (χ3n) is 6.21. The van der Waals surface area contributed by atoms with Crippen LogP contribution >= 0.6 is 0 Å². The van der Waals surface area contributed by atoms with Gasteiger partial charge in [-0.05, 0) is 55.4 Å². The summed E-state index contributed by atoms with van der Waals surface area (Å²) in [5.74, 6) is 0.457. The summed E-state index contributed by atoms with van der Waals surface area (Å²) in [7, 11) is 0. The first kappa shape index (κ1) is 19.8. The van der Waals surface area contributed by atoms with E-state index in [1.54, 1.807) is 12.1 Å². The standard InChI is InChI=1S/C22H31FN2O2/c1-2-16-15-25(22(27)17-8-10-19(23)11-9-17)13-12-18(16)14-21(26)24-20-6-4-3-5-7-20/h8-11,16,18,20H,2-7,12-15H2,1H3,(H,24,26)/t16-,18+/m1/s1. The number of likely N-dealkylation sites (tertiary alicyclic amines) is 1. The van der Waals surface area contributed by atoms with Gasteiger partial charge in [-0.2, -0.15) is 0 Å². The van der Waals surface area contributed by atoms with Crippen molar-refractivity contribution in [2.24, 2.45) is 11.8 Å². The van der Waals surface area contributed by atoms with Gasteiger partial charge in [-0.3, -0.25) is 9.59 Å². The molecule has 1 heterocycles. The molecule has 1 aromatic carbocycles. The van der Waals surface area contributed by atoms with Crippen LogP contribution in [0.2, 0.25) is 0 Å².